The van der Waals surface area contributed by atoms with Gasteiger partial charge in [-0.2, -0.15) is 0 Å². The Balaban J connectivity index is 1.98. The zero-order valence-corrected chi connectivity index (χ0v) is 13.2. The molecule has 1 heterocycles. The van der Waals surface area contributed by atoms with Crippen LogP contribution in [0.25, 0.3) is 0 Å². The molecule has 1 saturated heterocycles. The van der Waals surface area contributed by atoms with Crippen molar-refractivity contribution in [3.05, 3.63) is 23.2 Å². The van der Waals surface area contributed by atoms with Crippen LogP contribution in [0.1, 0.15) is 13.3 Å². The molecular formula is C15H22ClN3O2. The normalized spacial score (nSPS) is 14.9. The molecule has 2 N–H and O–H groups in total. The molecule has 0 saturated carbocycles. The van der Waals surface area contributed by atoms with E-state index in [-0.39, 0.29) is 5.91 Å². The van der Waals surface area contributed by atoms with Gasteiger partial charge in [-0.3, -0.25) is 9.69 Å². The summed E-state index contributed by atoms with van der Waals surface area (Å²) in [6.45, 7) is 5.33. The topological polar surface area (TPSA) is 53.6 Å². The summed E-state index contributed by atoms with van der Waals surface area (Å²) in [5.41, 5.74) is 0.609. The number of rotatable bonds is 7. The number of nitrogens with zero attached hydrogens (tertiary/aromatic N) is 1. The molecule has 0 aromatic heterocycles. The van der Waals surface area contributed by atoms with Crippen molar-refractivity contribution in [3.8, 4) is 5.75 Å². The van der Waals surface area contributed by atoms with Crippen molar-refractivity contribution in [2.45, 2.75) is 19.4 Å². The number of hydrogen-bond donors (Lipinski definition) is 2. The number of halogens is 1. The highest BCUT2D eigenvalue weighted by Gasteiger charge is 2.25. The van der Waals surface area contributed by atoms with Gasteiger partial charge < -0.3 is 15.4 Å². The van der Waals surface area contributed by atoms with Crippen LogP contribution in [0.3, 0.4) is 0 Å². The fraction of sp³-hybridized carbons (Fsp3) is 0.533. The quantitative estimate of drug-likeness (QED) is 0.808. The largest absolute Gasteiger partial charge is 0.495 e. The summed E-state index contributed by atoms with van der Waals surface area (Å²) < 4.78 is 5.24. The van der Waals surface area contributed by atoms with Crippen molar-refractivity contribution in [1.29, 1.82) is 0 Å². The lowest BCUT2D eigenvalue weighted by Gasteiger charge is -2.37. The van der Waals surface area contributed by atoms with E-state index >= 15 is 0 Å². The Labute approximate surface area is 130 Å². The van der Waals surface area contributed by atoms with Crippen LogP contribution in [0.5, 0.6) is 5.75 Å². The Bertz CT molecular complexity index is 492. The van der Waals surface area contributed by atoms with Gasteiger partial charge >= 0.3 is 0 Å². The minimum absolute atomic E-state index is 0.0454. The molecule has 6 heteroatoms. The fourth-order valence-corrected chi connectivity index (χ4v) is 2.53. The first kappa shape index (κ1) is 16.1. The predicted molar refractivity (Wildman–Crippen MR) is 85.2 cm³/mol. The van der Waals surface area contributed by atoms with E-state index in [1.54, 1.807) is 25.3 Å². The van der Waals surface area contributed by atoms with E-state index < -0.39 is 0 Å². The first-order valence-corrected chi connectivity index (χ1v) is 7.60. The van der Waals surface area contributed by atoms with Crippen LogP contribution in [0, 0.1) is 0 Å². The molecule has 1 aromatic rings. The minimum atomic E-state index is -0.0454. The van der Waals surface area contributed by atoms with Crippen molar-refractivity contribution in [2.24, 2.45) is 0 Å². The smallest absolute Gasteiger partial charge is 0.238 e. The highest BCUT2D eigenvalue weighted by atomic mass is 35.5. The number of nitrogens with one attached hydrogen (secondary N) is 2. The molecule has 2 rings (SSSR count). The molecule has 116 valence electrons. The van der Waals surface area contributed by atoms with Crippen LogP contribution in [0.4, 0.5) is 5.69 Å². The van der Waals surface area contributed by atoms with Crippen LogP contribution >= 0.6 is 11.6 Å². The zero-order valence-electron chi connectivity index (χ0n) is 12.5. The molecule has 0 unspecified atom stereocenters. The van der Waals surface area contributed by atoms with Gasteiger partial charge in [-0.05, 0) is 31.2 Å². The zero-order chi connectivity index (χ0) is 15.2. The number of carbonyl (C=O) groups is 1. The summed E-state index contributed by atoms with van der Waals surface area (Å²) in [5, 5.41) is 6.69. The van der Waals surface area contributed by atoms with Gasteiger partial charge in [-0.1, -0.05) is 18.5 Å². The molecule has 0 bridgehead atoms. The lowest BCUT2D eigenvalue weighted by molar-refractivity contribution is -0.118. The maximum absolute atomic E-state index is 12.2. The third kappa shape index (κ3) is 4.33. The standard InChI is InChI=1S/C15H22ClN3O2/c1-3-6-19(12-8-17-9-12)10-15(20)18-13-7-11(16)4-5-14(13)21-2/h4-5,7,12,17H,3,6,8-10H2,1-2H3,(H,18,20). The Morgan fingerprint density at radius 1 is 1.52 bits per heavy atom. The molecule has 0 spiro atoms. The molecule has 1 aliphatic heterocycles. The van der Waals surface area contributed by atoms with Crippen molar-refractivity contribution in [2.75, 3.05) is 38.6 Å². The molecule has 0 aliphatic carbocycles. The van der Waals surface area contributed by atoms with Gasteiger partial charge in [0.05, 0.1) is 19.3 Å². The second kappa shape index (κ2) is 7.64. The second-order valence-electron chi connectivity index (χ2n) is 5.18. The highest BCUT2D eigenvalue weighted by Crippen LogP contribution is 2.27. The van der Waals surface area contributed by atoms with Crippen LogP contribution in [-0.2, 0) is 4.79 Å². The van der Waals surface area contributed by atoms with E-state index in [4.69, 9.17) is 16.3 Å². The van der Waals surface area contributed by atoms with E-state index in [1.165, 1.54) is 0 Å². The molecule has 1 aromatic carbocycles. The van der Waals surface area contributed by atoms with E-state index in [1.807, 2.05) is 0 Å². The Morgan fingerprint density at radius 2 is 2.29 bits per heavy atom. The van der Waals surface area contributed by atoms with Gasteiger partial charge in [0.2, 0.25) is 5.91 Å². The number of anilines is 1. The monoisotopic (exact) mass is 311 g/mol. The van der Waals surface area contributed by atoms with Gasteiger partial charge in [0.15, 0.2) is 0 Å². The third-order valence-electron chi connectivity index (χ3n) is 3.57. The summed E-state index contributed by atoms with van der Waals surface area (Å²) in [5.74, 6) is 0.566. The Kier molecular flexibility index (Phi) is 5.85. The summed E-state index contributed by atoms with van der Waals surface area (Å²) in [7, 11) is 1.57. The molecule has 1 amide bonds. The first-order chi connectivity index (χ1) is 10.1. The van der Waals surface area contributed by atoms with Crippen molar-refractivity contribution < 1.29 is 9.53 Å². The molecule has 0 radical (unpaired) electrons. The van der Waals surface area contributed by atoms with Crippen molar-refractivity contribution in [1.82, 2.24) is 10.2 Å². The van der Waals surface area contributed by atoms with Gasteiger partial charge in [0.1, 0.15) is 5.75 Å². The van der Waals surface area contributed by atoms with Gasteiger partial charge in [-0.25, -0.2) is 0 Å². The second-order valence-corrected chi connectivity index (χ2v) is 5.61. The van der Waals surface area contributed by atoms with Crippen molar-refractivity contribution in [3.63, 3.8) is 0 Å². The number of methoxy groups -OCH3 is 1. The number of hydrogen-bond acceptors (Lipinski definition) is 4. The molecule has 1 aliphatic rings. The summed E-state index contributed by atoms with van der Waals surface area (Å²) >= 11 is 5.97. The molecule has 0 atom stereocenters. The van der Waals surface area contributed by atoms with Crippen molar-refractivity contribution >= 4 is 23.2 Å². The van der Waals surface area contributed by atoms with E-state index in [0.29, 0.717) is 29.0 Å². The van der Waals surface area contributed by atoms with Crippen LogP contribution in [-0.4, -0.2) is 50.1 Å². The lowest BCUT2D eigenvalue weighted by Crippen LogP contribution is -2.58. The molecule has 21 heavy (non-hydrogen) atoms. The average Bonchev–Trinajstić information content (AvgIpc) is 2.37. The van der Waals surface area contributed by atoms with E-state index in [2.05, 4.69) is 22.5 Å². The number of amides is 1. The lowest BCUT2D eigenvalue weighted by atomic mass is 10.1. The average molecular weight is 312 g/mol. The molecular weight excluding hydrogens is 290 g/mol. The first-order valence-electron chi connectivity index (χ1n) is 7.22. The Morgan fingerprint density at radius 3 is 2.86 bits per heavy atom. The maximum Gasteiger partial charge on any atom is 0.238 e. The predicted octanol–water partition coefficient (Wildman–Crippen LogP) is 1.97. The van der Waals surface area contributed by atoms with Crippen LogP contribution in [0.2, 0.25) is 5.02 Å². The van der Waals surface area contributed by atoms with Gasteiger partial charge in [0, 0.05) is 24.2 Å². The maximum atomic E-state index is 12.2. The van der Waals surface area contributed by atoms with Gasteiger partial charge in [-0.15, -0.1) is 0 Å². The number of benzene rings is 1. The molecule has 1 fully saturated rings. The van der Waals surface area contributed by atoms with E-state index in [9.17, 15) is 4.79 Å². The number of ether oxygens (including phenoxy) is 1. The summed E-state index contributed by atoms with van der Waals surface area (Å²) in [4.78, 5) is 14.5. The fourth-order valence-electron chi connectivity index (χ4n) is 2.36. The third-order valence-corrected chi connectivity index (χ3v) is 3.80. The minimum Gasteiger partial charge on any atom is -0.495 e. The van der Waals surface area contributed by atoms with Crippen LogP contribution < -0.4 is 15.4 Å². The SMILES string of the molecule is CCCN(CC(=O)Nc1cc(Cl)ccc1OC)C1CNC1. The van der Waals surface area contributed by atoms with E-state index in [0.717, 1.165) is 26.1 Å². The summed E-state index contributed by atoms with van der Waals surface area (Å²) in [6, 6.07) is 5.64. The Hall–Kier alpha value is -1.30. The van der Waals surface area contributed by atoms with Crippen LogP contribution in [0.15, 0.2) is 18.2 Å². The number of carbonyl (C=O) groups excluding carboxylic acids is 1. The van der Waals surface area contributed by atoms with Gasteiger partial charge in [0.25, 0.3) is 0 Å². The highest BCUT2D eigenvalue weighted by molar-refractivity contribution is 6.31. The molecule has 5 nitrogen and oxygen atoms in total. The summed E-state index contributed by atoms with van der Waals surface area (Å²) in [6.07, 6.45) is 1.03.